The Hall–Kier alpha value is -1.40. The Morgan fingerprint density at radius 3 is 3.00 bits per heavy atom. The first-order valence-electron chi connectivity index (χ1n) is 5.91. The van der Waals surface area contributed by atoms with Crippen molar-refractivity contribution in [2.75, 3.05) is 30.5 Å². The zero-order chi connectivity index (χ0) is 12.1. The predicted octanol–water partition coefficient (Wildman–Crippen LogP) is 0.909. The highest BCUT2D eigenvalue weighted by Crippen LogP contribution is 2.19. The summed E-state index contributed by atoms with van der Waals surface area (Å²) in [5, 5.41) is 3.33. The summed E-state index contributed by atoms with van der Waals surface area (Å²) in [6.45, 7) is 4.54. The molecule has 2 heterocycles. The molecule has 0 radical (unpaired) electrons. The Bertz CT molecular complexity index is 365. The summed E-state index contributed by atoms with van der Waals surface area (Å²) in [4.78, 5) is 8.25. The Morgan fingerprint density at radius 1 is 1.47 bits per heavy atom. The zero-order valence-electron chi connectivity index (χ0n) is 10.1. The summed E-state index contributed by atoms with van der Waals surface area (Å²) in [7, 11) is 0. The minimum absolute atomic E-state index is 0.562. The van der Waals surface area contributed by atoms with Crippen LogP contribution in [0, 0.1) is 12.8 Å². The predicted molar refractivity (Wildman–Crippen MR) is 66.6 cm³/mol. The smallest absolute Gasteiger partial charge is 0.148 e. The van der Waals surface area contributed by atoms with Crippen molar-refractivity contribution >= 4 is 11.6 Å². The fourth-order valence-corrected chi connectivity index (χ4v) is 1.98. The number of aromatic nitrogens is 2. The first-order chi connectivity index (χ1) is 8.31. The molecule has 1 aliphatic rings. The monoisotopic (exact) mass is 237 g/mol. The number of nitrogens with zero attached hydrogens (tertiary/aromatic N) is 2. The average Bonchev–Trinajstić information content (AvgIpc) is 2.39. The van der Waals surface area contributed by atoms with Gasteiger partial charge in [0.1, 0.15) is 18.0 Å². The van der Waals surface area contributed by atoms with Gasteiger partial charge in [-0.2, -0.15) is 0 Å². The van der Waals surface area contributed by atoms with E-state index in [9.17, 15) is 0 Å². The molecule has 1 aromatic rings. The van der Waals surface area contributed by atoms with Gasteiger partial charge in [-0.15, -0.1) is 0 Å². The average molecular weight is 237 g/mol. The van der Waals surface area contributed by atoms with Gasteiger partial charge in [0.15, 0.2) is 0 Å². The standard InChI is InChI=1S/C11H19N5O/c1-8-10(14-7-15-11(8)16-12)13-5-9-3-2-4-17-6-9/h7,9H,2-6,12H2,1H3,(H2,13,14,15,16). The molecule has 6 heteroatoms. The number of hydrazine groups is 1. The lowest BCUT2D eigenvalue weighted by atomic mass is 10.0. The van der Waals surface area contributed by atoms with Crippen LogP contribution in [0.3, 0.4) is 0 Å². The first kappa shape index (κ1) is 12.1. The van der Waals surface area contributed by atoms with Crippen LogP contribution in [-0.2, 0) is 4.74 Å². The second-order valence-electron chi connectivity index (χ2n) is 4.30. The van der Waals surface area contributed by atoms with E-state index in [2.05, 4.69) is 20.7 Å². The molecule has 1 atom stereocenters. The molecule has 1 saturated heterocycles. The van der Waals surface area contributed by atoms with E-state index in [0.717, 1.165) is 37.6 Å². The Labute approximate surface area is 101 Å². The maximum Gasteiger partial charge on any atom is 0.148 e. The molecule has 94 valence electrons. The molecule has 0 saturated carbocycles. The van der Waals surface area contributed by atoms with Crippen molar-refractivity contribution in [2.24, 2.45) is 11.8 Å². The van der Waals surface area contributed by atoms with Crippen molar-refractivity contribution in [3.05, 3.63) is 11.9 Å². The molecular weight excluding hydrogens is 218 g/mol. The van der Waals surface area contributed by atoms with Gasteiger partial charge in [-0.05, 0) is 25.7 Å². The quantitative estimate of drug-likeness (QED) is 0.533. The SMILES string of the molecule is Cc1c(NN)ncnc1NCC1CCCOC1. The van der Waals surface area contributed by atoms with E-state index < -0.39 is 0 Å². The fourth-order valence-electron chi connectivity index (χ4n) is 1.98. The molecule has 2 rings (SSSR count). The highest BCUT2D eigenvalue weighted by Gasteiger charge is 2.14. The molecular formula is C11H19N5O. The van der Waals surface area contributed by atoms with Crippen LogP contribution in [0.25, 0.3) is 0 Å². The summed E-state index contributed by atoms with van der Waals surface area (Å²) in [5.74, 6) is 7.42. The van der Waals surface area contributed by atoms with Gasteiger partial charge in [0.2, 0.25) is 0 Å². The Balaban J connectivity index is 1.93. The van der Waals surface area contributed by atoms with Crippen LogP contribution < -0.4 is 16.6 Å². The molecule has 0 aliphatic carbocycles. The summed E-state index contributed by atoms with van der Waals surface area (Å²) < 4.78 is 5.44. The minimum atomic E-state index is 0.562. The number of nitrogen functional groups attached to an aromatic ring is 1. The zero-order valence-corrected chi connectivity index (χ0v) is 10.1. The van der Waals surface area contributed by atoms with E-state index >= 15 is 0 Å². The molecule has 1 aliphatic heterocycles. The van der Waals surface area contributed by atoms with Gasteiger partial charge in [0.05, 0.1) is 6.61 Å². The van der Waals surface area contributed by atoms with E-state index in [4.69, 9.17) is 10.6 Å². The van der Waals surface area contributed by atoms with Gasteiger partial charge in [-0.1, -0.05) is 0 Å². The van der Waals surface area contributed by atoms with E-state index in [1.54, 1.807) is 0 Å². The summed E-state index contributed by atoms with van der Waals surface area (Å²) in [6, 6.07) is 0. The molecule has 1 fully saturated rings. The lowest BCUT2D eigenvalue weighted by Crippen LogP contribution is -2.25. The van der Waals surface area contributed by atoms with Gasteiger partial charge in [-0.25, -0.2) is 15.8 Å². The number of hydrogen-bond acceptors (Lipinski definition) is 6. The largest absolute Gasteiger partial charge is 0.381 e. The highest BCUT2D eigenvalue weighted by atomic mass is 16.5. The number of anilines is 2. The van der Waals surface area contributed by atoms with Gasteiger partial charge < -0.3 is 15.5 Å². The Kier molecular flexibility index (Phi) is 4.11. The van der Waals surface area contributed by atoms with E-state index in [1.165, 1.54) is 12.7 Å². The van der Waals surface area contributed by atoms with Gasteiger partial charge >= 0.3 is 0 Å². The molecule has 1 aromatic heterocycles. The Morgan fingerprint density at radius 2 is 2.29 bits per heavy atom. The van der Waals surface area contributed by atoms with Crippen molar-refractivity contribution in [2.45, 2.75) is 19.8 Å². The van der Waals surface area contributed by atoms with E-state index in [1.807, 2.05) is 6.92 Å². The number of nitrogens with two attached hydrogens (primary N) is 1. The van der Waals surface area contributed by atoms with Crippen molar-refractivity contribution in [3.63, 3.8) is 0 Å². The van der Waals surface area contributed by atoms with Crippen molar-refractivity contribution < 1.29 is 4.74 Å². The van der Waals surface area contributed by atoms with Gasteiger partial charge in [-0.3, -0.25) is 0 Å². The van der Waals surface area contributed by atoms with Crippen LogP contribution >= 0.6 is 0 Å². The third-order valence-corrected chi connectivity index (χ3v) is 3.03. The van der Waals surface area contributed by atoms with Crippen molar-refractivity contribution in [1.29, 1.82) is 0 Å². The van der Waals surface area contributed by atoms with E-state index in [0.29, 0.717) is 11.7 Å². The summed E-state index contributed by atoms with van der Waals surface area (Å²) in [5.41, 5.74) is 3.49. The first-order valence-corrected chi connectivity index (χ1v) is 5.91. The van der Waals surface area contributed by atoms with Gasteiger partial charge in [0.25, 0.3) is 0 Å². The third kappa shape index (κ3) is 3.04. The summed E-state index contributed by atoms with van der Waals surface area (Å²) in [6.07, 6.45) is 3.85. The maximum atomic E-state index is 5.44. The van der Waals surface area contributed by atoms with E-state index in [-0.39, 0.29) is 0 Å². The van der Waals surface area contributed by atoms with Crippen LogP contribution in [0.1, 0.15) is 18.4 Å². The van der Waals surface area contributed by atoms with Crippen LogP contribution in [0.15, 0.2) is 6.33 Å². The third-order valence-electron chi connectivity index (χ3n) is 3.03. The number of nitrogens with one attached hydrogen (secondary N) is 2. The number of hydrogen-bond donors (Lipinski definition) is 3. The molecule has 0 amide bonds. The van der Waals surface area contributed by atoms with Crippen LogP contribution in [0.5, 0.6) is 0 Å². The normalized spacial score (nSPS) is 20.0. The second kappa shape index (κ2) is 5.79. The van der Waals surface area contributed by atoms with Crippen LogP contribution in [-0.4, -0.2) is 29.7 Å². The lowest BCUT2D eigenvalue weighted by molar-refractivity contribution is 0.0595. The maximum absolute atomic E-state index is 5.44. The number of ether oxygens (including phenoxy) is 1. The fraction of sp³-hybridized carbons (Fsp3) is 0.636. The molecule has 4 N–H and O–H groups in total. The lowest BCUT2D eigenvalue weighted by Gasteiger charge is -2.22. The van der Waals surface area contributed by atoms with Crippen LogP contribution in [0.2, 0.25) is 0 Å². The van der Waals surface area contributed by atoms with Gasteiger partial charge in [0, 0.05) is 18.7 Å². The summed E-state index contributed by atoms with van der Waals surface area (Å²) >= 11 is 0. The highest BCUT2D eigenvalue weighted by molar-refractivity contribution is 5.55. The molecule has 1 unspecified atom stereocenters. The molecule has 0 aromatic carbocycles. The molecule has 0 spiro atoms. The molecule has 17 heavy (non-hydrogen) atoms. The molecule has 0 bridgehead atoms. The second-order valence-corrected chi connectivity index (χ2v) is 4.30. The minimum Gasteiger partial charge on any atom is -0.381 e. The van der Waals surface area contributed by atoms with Crippen molar-refractivity contribution in [3.8, 4) is 0 Å². The van der Waals surface area contributed by atoms with Crippen LogP contribution in [0.4, 0.5) is 11.6 Å². The molecule has 6 nitrogen and oxygen atoms in total. The van der Waals surface area contributed by atoms with Crippen molar-refractivity contribution in [1.82, 2.24) is 9.97 Å². The number of rotatable bonds is 4. The topological polar surface area (TPSA) is 85.1 Å².